The van der Waals surface area contributed by atoms with Crippen LogP contribution in [-0.4, -0.2) is 170 Å². The van der Waals surface area contributed by atoms with Gasteiger partial charge in [0, 0.05) is 107 Å². The molecule has 13 N–H and O–H groups in total. The third-order valence-electron chi connectivity index (χ3n) is 15.3. The molecule has 0 aliphatic heterocycles. The number of Topliss-reactive ketones (excluding diaryl/α,β-unsaturated/α-hetero) is 3. The van der Waals surface area contributed by atoms with E-state index in [1.807, 2.05) is 54.4 Å². The third-order valence-corrected chi connectivity index (χ3v) is 15.9. The number of benzene rings is 2. The number of imidazole rings is 1. The first-order valence-corrected chi connectivity index (χ1v) is 31.7. The highest BCUT2D eigenvalue weighted by molar-refractivity contribution is 9.10. The number of halogens is 1. The summed E-state index contributed by atoms with van der Waals surface area (Å²) in [5.74, 6) is -4.04. The van der Waals surface area contributed by atoms with Crippen molar-refractivity contribution in [3.63, 3.8) is 0 Å². The first-order chi connectivity index (χ1) is 43.3. The van der Waals surface area contributed by atoms with Gasteiger partial charge in [-0.2, -0.15) is 4.98 Å². The van der Waals surface area contributed by atoms with Crippen molar-refractivity contribution in [2.24, 2.45) is 51.8 Å². The van der Waals surface area contributed by atoms with E-state index in [1.54, 1.807) is 38.4 Å². The zero-order valence-corrected chi connectivity index (χ0v) is 53.9. The zero-order valence-electron chi connectivity index (χ0n) is 52.3. The van der Waals surface area contributed by atoms with Crippen LogP contribution in [0.1, 0.15) is 102 Å². The van der Waals surface area contributed by atoms with Gasteiger partial charge in [0.25, 0.3) is 0 Å². The summed E-state index contributed by atoms with van der Waals surface area (Å²) in [4.78, 5) is 130. The van der Waals surface area contributed by atoms with Gasteiger partial charge < -0.3 is 73.2 Å². The Bertz CT molecular complexity index is 2910. The molecule has 0 unspecified atom stereocenters. The van der Waals surface area contributed by atoms with Crippen LogP contribution in [0.15, 0.2) is 82.8 Å². The molecule has 5 amide bonds. The number of carbonyl (C=O) groups excluding carboxylic acids is 8. The number of H-pyrrole nitrogens is 1. The number of guanidine groups is 1. The molecule has 492 valence electrons. The van der Waals surface area contributed by atoms with E-state index in [0.29, 0.717) is 79.4 Å². The predicted octanol–water partition coefficient (Wildman–Crippen LogP) is 4.06. The van der Waals surface area contributed by atoms with Gasteiger partial charge in [0.1, 0.15) is 31.4 Å². The lowest BCUT2D eigenvalue weighted by Crippen LogP contribution is -2.49. The van der Waals surface area contributed by atoms with Crippen molar-refractivity contribution < 1.29 is 52.6 Å². The first kappa shape index (κ1) is 72.9. The maximum atomic E-state index is 14.4. The molecule has 90 heavy (non-hydrogen) atoms. The molecule has 1 saturated carbocycles. The number of amides is 5. The Labute approximate surface area is 535 Å². The molecule has 0 spiro atoms. The van der Waals surface area contributed by atoms with E-state index in [0.717, 1.165) is 36.9 Å². The third kappa shape index (κ3) is 26.7. The molecule has 5 rings (SSSR count). The SMILES string of the molecule is CNC(=O)[C@@H](CC(=O)[C@H](Cc1cnc[nH]1)NC(=O)[C@@H](CC(=O)[C@H](CCCN=C(N)N)NC(=O)[C@H](CCCCN)CC(=O)COCCOCC(=O)NCCOc1ccc(Nc2ncc(Br)c(NCCCN(C)C(=O)C3CCC3)n2)cc1)C(C)C)Cc1ccccc1. The lowest BCUT2D eigenvalue weighted by Gasteiger charge is -2.29. The van der Waals surface area contributed by atoms with E-state index in [-0.39, 0.29) is 119 Å². The fourth-order valence-electron chi connectivity index (χ4n) is 9.97. The summed E-state index contributed by atoms with van der Waals surface area (Å²) in [7, 11) is 3.36. The number of unbranched alkanes of at least 4 members (excludes halogenated alkanes) is 1. The highest BCUT2D eigenvalue weighted by atomic mass is 79.9. The van der Waals surface area contributed by atoms with Crippen molar-refractivity contribution in [2.45, 2.75) is 116 Å². The molecule has 1 aliphatic carbocycles. The predicted molar refractivity (Wildman–Crippen MR) is 345 cm³/mol. The second-order valence-corrected chi connectivity index (χ2v) is 23.6. The van der Waals surface area contributed by atoms with Gasteiger partial charge in [-0.1, -0.05) is 57.0 Å². The molecule has 2 aromatic heterocycles. The van der Waals surface area contributed by atoms with Crippen LogP contribution in [0.5, 0.6) is 5.75 Å². The molecule has 1 aliphatic rings. The Morgan fingerprint density at radius 2 is 1.51 bits per heavy atom. The number of ether oxygens (including phenoxy) is 3. The van der Waals surface area contributed by atoms with E-state index >= 15 is 0 Å². The summed E-state index contributed by atoms with van der Waals surface area (Å²) in [5.41, 5.74) is 19.1. The fraction of sp³-hybridized carbons (Fsp3) is 0.556. The van der Waals surface area contributed by atoms with Crippen molar-refractivity contribution in [2.75, 3.05) is 90.5 Å². The number of carbonyl (C=O) groups is 8. The van der Waals surface area contributed by atoms with Crippen LogP contribution in [0.2, 0.25) is 0 Å². The van der Waals surface area contributed by atoms with Gasteiger partial charge in [-0.25, -0.2) is 9.97 Å². The van der Waals surface area contributed by atoms with E-state index in [1.165, 1.54) is 13.4 Å². The molecule has 1 fully saturated rings. The molecule has 0 bridgehead atoms. The standard InChI is InChI=1S/C63H92BrN15O11/c1-41(2)50(60(86)77-53(34-47-36-69-40-74-47)54(81)33-45(58(84)68-3)31-42-13-6-5-7-14-42)35-55(82)52(18-11-24-72-62(66)67)76-59(85)44(15-8-9-23-65)32-48(80)38-88-29-30-89-39-56(83)70-26-28-90-49-21-19-46(20-22-49)75-63-73-37-51(64)57(78-63)71-25-12-27-79(4)61(87)43-16-10-17-43/h5-7,13-14,19-22,36-37,40-41,43-45,50,52-53H,8-12,15-18,23-35,38-39,65H2,1-4H3,(H,68,84)(H,69,74)(H,70,83)(H,76,85)(H,77,86)(H4,66,67,72)(H2,71,73,75,78)/t44-,45-,50+,52+,53+/m1/s1. The number of nitrogens with two attached hydrogens (primary N) is 3. The molecule has 27 heteroatoms. The largest absolute Gasteiger partial charge is 0.492 e. The molecule has 5 atom stereocenters. The molecular formula is C63H92BrN15O11. The van der Waals surface area contributed by atoms with E-state index < -0.39 is 53.4 Å². The summed E-state index contributed by atoms with van der Waals surface area (Å²) >= 11 is 3.50. The monoisotopic (exact) mass is 1310 g/mol. The van der Waals surface area contributed by atoms with Crippen molar-refractivity contribution in [1.29, 1.82) is 0 Å². The highest BCUT2D eigenvalue weighted by Crippen LogP contribution is 2.29. The van der Waals surface area contributed by atoms with Gasteiger partial charge in [0.2, 0.25) is 35.5 Å². The quantitative estimate of drug-likeness (QED) is 0.0169. The number of nitrogens with one attached hydrogen (secondary N) is 7. The second kappa shape index (κ2) is 40.0. The van der Waals surface area contributed by atoms with Gasteiger partial charge in [-0.3, -0.25) is 43.3 Å². The minimum atomic E-state index is -1.09. The van der Waals surface area contributed by atoms with Gasteiger partial charge in [0.05, 0.1) is 42.6 Å². The van der Waals surface area contributed by atoms with Gasteiger partial charge in [-0.05, 0) is 110 Å². The summed E-state index contributed by atoms with van der Waals surface area (Å²) in [6, 6.07) is 14.3. The van der Waals surface area contributed by atoms with Crippen LogP contribution in [0.3, 0.4) is 0 Å². The summed E-state index contributed by atoms with van der Waals surface area (Å²) < 4.78 is 17.5. The number of rotatable bonds is 45. The van der Waals surface area contributed by atoms with Crippen LogP contribution < -0.4 is 53.8 Å². The number of hydrogen-bond acceptors (Lipinski definition) is 18. The highest BCUT2D eigenvalue weighted by Gasteiger charge is 2.35. The minimum Gasteiger partial charge on any atom is -0.492 e. The molecule has 2 aromatic carbocycles. The summed E-state index contributed by atoms with van der Waals surface area (Å²) in [6.07, 6.45) is 10.0. The van der Waals surface area contributed by atoms with E-state index in [4.69, 9.17) is 31.4 Å². The maximum Gasteiger partial charge on any atom is 0.246 e. The number of aromatic amines is 1. The first-order valence-electron chi connectivity index (χ1n) is 30.9. The smallest absolute Gasteiger partial charge is 0.246 e. The molecular weight excluding hydrogens is 1220 g/mol. The average Bonchev–Trinajstić information content (AvgIpc) is 4.07. The fourth-order valence-corrected chi connectivity index (χ4v) is 10.3. The number of hydrogen-bond donors (Lipinski definition) is 10. The lowest BCUT2D eigenvalue weighted by atomic mass is 9.84. The van der Waals surface area contributed by atoms with Crippen molar-refractivity contribution in [1.82, 2.24) is 46.1 Å². The minimum absolute atomic E-state index is 0.00873. The Hall–Kier alpha value is -7.88. The normalized spacial score (nSPS) is 13.7. The van der Waals surface area contributed by atoms with Crippen LogP contribution in [0.25, 0.3) is 0 Å². The molecule has 4 aromatic rings. The van der Waals surface area contributed by atoms with E-state index in [9.17, 15) is 38.4 Å². The van der Waals surface area contributed by atoms with Crippen LogP contribution in [-0.2, 0) is 60.7 Å². The van der Waals surface area contributed by atoms with Crippen LogP contribution in [0.4, 0.5) is 17.5 Å². The van der Waals surface area contributed by atoms with E-state index in [2.05, 4.69) is 72.8 Å². The number of aliphatic imine (C=N–C) groups is 1. The summed E-state index contributed by atoms with van der Waals surface area (Å²) in [6.45, 7) is 5.18. The number of nitrogens with zero attached hydrogens (tertiary/aromatic N) is 5. The van der Waals surface area contributed by atoms with Crippen molar-refractivity contribution in [3.8, 4) is 5.75 Å². The van der Waals surface area contributed by atoms with Gasteiger partial charge in [-0.15, -0.1) is 0 Å². The Morgan fingerprint density at radius 1 is 0.789 bits per heavy atom. The Balaban J connectivity index is 1.05. The second-order valence-electron chi connectivity index (χ2n) is 22.8. The van der Waals surface area contributed by atoms with Crippen molar-refractivity contribution >= 4 is 86.2 Å². The number of anilines is 3. The van der Waals surface area contributed by atoms with Gasteiger partial charge in [0.15, 0.2) is 23.3 Å². The van der Waals surface area contributed by atoms with Crippen LogP contribution in [0, 0.1) is 29.6 Å². The molecule has 0 radical (unpaired) electrons. The van der Waals surface area contributed by atoms with Gasteiger partial charge >= 0.3 is 0 Å². The Morgan fingerprint density at radius 3 is 2.18 bits per heavy atom. The molecule has 2 heterocycles. The average molecular weight is 1320 g/mol. The lowest BCUT2D eigenvalue weighted by molar-refractivity contribution is -0.137. The molecule has 0 saturated heterocycles. The van der Waals surface area contributed by atoms with Crippen molar-refractivity contribution in [3.05, 3.63) is 89.0 Å². The Kier molecular flexibility index (Phi) is 32.4. The summed E-state index contributed by atoms with van der Waals surface area (Å²) in [5, 5.41) is 17.6. The maximum absolute atomic E-state index is 14.4. The zero-order chi connectivity index (χ0) is 65.2. The molecule has 26 nitrogen and oxygen atoms in total. The topological polar surface area (TPSA) is 385 Å². The number of aromatic nitrogens is 4. The van der Waals surface area contributed by atoms with Crippen LogP contribution >= 0.6 is 15.9 Å². The number of ketones is 3.